The summed E-state index contributed by atoms with van der Waals surface area (Å²) < 4.78 is 0. The van der Waals surface area contributed by atoms with Gasteiger partial charge >= 0.3 is 0 Å². The van der Waals surface area contributed by atoms with Crippen LogP contribution in [0.2, 0.25) is 0 Å². The molecule has 0 N–H and O–H groups in total. The van der Waals surface area contributed by atoms with E-state index in [1.807, 2.05) is 30.3 Å². The van der Waals surface area contributed by atoms with Crippen molar-refractivity contribution in [2.24, 2.45) is 5.92 Å². The number of anilines is 1. The Kier molecular flexibility index (Phi) is 4.70. The molecular formula is C23H21N3O2. The molecular weight excluding hydrogens is 350 g/mol. The zero-order valence-electron chi connectivity index (χ0n) is 15.8. The number of imide groups is 1. The minimum absolute atomic E-state index is 0.289. The van der Waals surface area contributed by atoms with Gasteiger partial charge in [0.15, 0.2) is 0 Å². The van der Waals surface area contributed by atoms with Gasteiger partial charge in [-0.15, -0.1) is 0 Å². The Morgan fingerprint density at radius 1 is 0.929 bits per heavy atom. The second kappa shape index (κ2) is 7.32. The summed E-state index contributed by atoms with van der Waals surface area (Å²) in [5, 5.41) is 9.01. The fourth-order valence-electron chi connectivity index (χ4n) is 3.83. The first-order valence-electron chi connectivity index (χ1n) is 9.53. The molecule has 0 aliphatic carbocycles. The molecule has 0 aromatic heterocycles. The SMILES string of the molecule is CC1CCN(C2=C(c3ccccc3)C(=O)N(c3ccc(C#N)cc3)C2=O)CC1. The number of nitriles is 1. The van der Waals surface area contributed by atoms with E-state index < -0.39 is 0 Å². The van der Waals surface area contributed by atoms with E-state index in [4.69, 9.17) is 5.26 Å². The second-order valence-electron chi connectivity index (χ2n) is 7.36. The van der Waals surface area contributed by atoms with Crippen LogP contribution >= 0.6 is 0 Å². The summed E-state index contributed by atoms with van der Waals surface area (Å²) in [6.07, 6.45) is 2.01. The standard InChI is InChI=1S/C23H21N3O2/c1-16-11-13-25(14-12-16)21-20(18-5-3-2-4-6-18)22(27)26(23(21)28)19-9-7-17(15-24)8-10-19/h2-10,16H,11-14H2,1H3. The minimum Gasteiger partial charge on any atom is -0.366 e. The molecule has 2 aromatic carbocycles. The molecule has 0 saturated carbocycles. The number of rotatable bonds is 3. The molecule has 28 heavy (non-hydrogen) atoms. The van der Waals surface area contributed by atoms with E-state index in [1.54, 1.807) is 24.3 Å². The molecule has 5 nitrogen and oxygen atoms in total. The molecule has 0 radical (unpaired) electrons. The van der Waals surface area contributed by atoms with Gasteiger partial charge in [0.05, 0.1) is 22.9 Å². The summed E-state index contributed by atoms with van der Waals surface area (Å²) in [7, 11) is 0. The molecule has 4 rings (SSSR count). The van der Waals surface area contributed by atoms with Gasteiger partial charge in [-0.25, -0.2) is 4.90 Å². The van der Waals surface area contributed by atoms with Crippen LogP contribution < -0.4 is 4.90 Å². The molecule has 0 spiro atoms. The summed E-state index contributed by atoms with van der Waals surface area (Å²) in [4.78, 5) is 30.0. The highest BCUT2D eigenvalue weighted by Crippen LogP contribution is 2.36. The smallest absolute Gasteiger partial charge is 0.282 e. The van der Waals surface area contributed by atoms with Crippen molar-refractivity contribution in [3.8, 4) is 6.07 Å². The molecule has 2 heterocycles. The molecule has 2 aliphatic heterocycles. The maximum absolute atomic E-state index is 13.4. The highest BCUT2D eigenvalue weighted by molar-refractivity contribution is 6.45. The highest BCUT2D eigenvalue weighted by atomic mass is 16.2. The third-order valence-electron chi connectivity index (χ3n) is 5.48. The maximum Gasteiger partial charge on any atom is 0.282 e. The van der Waals surface area contributed by atoms with Crippen LogP contribution in [-0.4, -0.2) is 29.8 Å². The molecule has 2 amide bonds. The van der Waals surface area contributed by atoms with Crippen LogP contribution in [0.3, 0.4) is 0 Å². The molecule has 5 heteroatoms. The number of carbonyl (C=O) groups is 2. The zero-order chi connectivity index (χ0) is 19.7. The Labute approximate surface area is 164 Å². The van der Waals surface area contributed by atoms with Crippen molar-refractivity contribution in [1.29, 1.82) is 5.26 Å². The Morgan fingerprint density at radius 3 is 2.18 bits per heavy atom. The molecule has 0 atom stereocenters. The summed E-state index contributed by atoms with van der Waals surface area (Å²) in [6, 6.07) is 18.0. The fourth-order valence-corrected chi connectivity index (χ4v) is 3.83. The van der Waals surface area contributed by atoms with E-state index in [0.29, 0.717) is 28.4 Å². The second-order valence-corrected chi connectivity index (χ2v) is 7.36. The van der Waals surface area contributed by atoms with E-state index in [2.05, 4.69) is 17.9 Å². The van der Waals surface area contributed by atoms with Crippen molar-refractivity contribution in [2.75, 3.05) is 18.0 Å². The van der Waals surface area contributed by atoms with Gasteiger partial charge in [0.25, 0.3) is 11.8 Å². The van der Waals surface area contributed by atoms with Crippen LogP contribution in [0.4, 0.5) is 5.69 Å². The van der Waals surface area contributed by atoms with Crippen molar-refractivity contribution >= 4 is 23.1 Å². The number of piperidine rings is 1. The minimum atomic E-state index is -0.311. The lowest BCUT2D eigenvalue weighted by Crippen LogP contribution is -2.38. The van der Waals surface area contributed by atoms with Crippen molar-refractivity contribution in [3.63, 3.8) is 0 Å². The highest BCUT2D eigenvalue weighted by Gasteiger charge is 2.42. The topological polar surface area (TPSA) is 64.4 Å². The Morgan fingerprint density at radius 2 is 1.57 bits per heavy atom. The quantitative estimate of drug-likeness (QED) is 0.774. The molecule has 2 aliphatic rings. The number of hydrogen-bond donors (Lipinski definition) is 0. The van der Waals surface area contributed by atoms with Gasteiger partial charge in [-0.05, 0) is 48.6 Å². The van der Waals surface area contributed by atoms with Crippen molar-refractivity contribution in [2.45, 2.75) is 19.8 Å². The lowest BCUT2D eigenvalue weighted by Gasteiger charge is -2.32. The zero-order valence-corrected chi connectivity index (χ0v) is 15.8. The fraction of sp³-hybridized carbons (Fsp3) is 0.261. The predicted octanol–water partition coefficient (Wildman–Crippen LogP) is 3.57. The van der Waals surface area contributed by atoms with Gasteiger partial charge in [0.2, 0.25) is 0 Å². The molecule has 0 bridgehead atoms. The lowest BCUT2D eigenvalue weighted by molar-refractivity contribution is -0.120. The van der Waals surface area contributed by atoms with Crippen LogP contribution in [-0.2, 0) is 9.59 Å². The van der Waals surface area contributed by atoms with E-state index in [-0.39, 0.29) is 11.8 Å². The first kappa shape index (κ1) is 18.0. The number of hydrogen-bond acceptors (Lipinski definition) is 4. The van der Waals surface area contributed by atoms with Gasteiger partial charge in [-0.1, -0.05) is 37.3 Å². The average molecular weight is 371 g/mol. The molecule has 1 saturated heterocycles. The van der Waals surface area contributed by atoms with E-state index in [9.17, 15) is 9.59 Å². The van der Waals surface area contributed by atoms with Crippen molar-refractivity contribution < 1.29 is 9.59 Å². The van der Waals surface area contributed by atoms with Crippen LogP contribution in [0.5, 0.6) is 0 Å². The first-order chi connectivity index (χ1) is 13.6. The molecule has 1 fully saturated rings. The predicted molar refractivity (Wildman–Crippen MR) is 107 cm³/mol. The summed E-state index contributed by atoms with van der Waals surface area (Å²) in [6.45, 7) is 3.76. The van der Waals surface area contributed by atoms with Crippen LogP contribution in [0.25, 0.3) is 5.57 Å². The third kappa shape index (κ3) is 3.07. The van der Waals surface area contributed by atoms with E-state index in [0.717, 1.165) is 31.5 Å². The molecule has 2 aromatic rings. The first-order valence-corrected chi connectivity index (χ1v) is 9.53. The third-order valence-corrected chi connectivity index (χ3v) is 5.48. The molecule has 0 unspecified atom stereocenters. The Balaban J connectivity index is 1.78. The largest absolute Gasteiger partial charge is 0.366 e. The summed E-state index contributed by atoms with van der Waals surface area (Å²) in [5.41, 5.74) is 2.69. The maximum atomic E-state index is 13.4. The number of benzene rings is 2. The van der Waals surface area contributed by atoms with Gasteiger partial charge < -0.3 is 4.90 Å². The Bertz CT molecular complexity index is 979. The molecule has 140 valence electrons. The summed E-state index contributed by atoms with van der Waals surface area (Å²) in [5.74, 6) is 0.0245. The number of nitrogens with zero attached hydrogens (tertiary/aromatic N) is 3. The van der Waals surface area contributed by atoms with Gasteiger partial charge in [-0.2, -0.15) is 5.26 Å². The van der Waals surface area contributed by atoms with Crippen LogP contribution in [0.1, 0.15) is 30.9 Å². The number of carbonyl (C=O) groups excluding carboxylic acids is 2. The van der Waals surface area contributed by atoms with Crippen molar-refractivity contribution in [1.82, 2.24) is 4.90 Å². The van der Waals surface area contributed by atoms with E-state index in [1.165, 1.54) is 4.90 Å². The van der Waals surface area contributed by atoms with Gasteiger partial charge in [-0.3, -0.25) is 9.59 Å². The monoisotopic (exact) mass is 371 g/mol. The normalized spacial score (nSPS) is 18.0. The van der Waals surface area contributed by atoms with Crippen LogP contribution in [0, 0.1) is 17.2 Å². The lowest BCUT2D eigenvalue weighted by atomic mass is 9.97. The number of amides is 2. The van der Waals surface area contributed by atoms with Crippen molar-refractivity contribution in [3.05, 3.63) is 71.4 Å². The number of likely N-dealkylation sites (tertiary alicyclic amines) is 1. The summed E-state index contributed by atoms with van der Waals surface area (Å²) >= 11 is 0. The van der Waals surface area contributed by atoms with Gasteiger partial charge in [0, 0.05) is 13.1 Å². The van der Waals surface area contributed by atoms with Crippen LogP contribution in [0.15, 0.2) is 60.3 Å². The average Bonchev–Trinajstić information content (AvgIpc) is 2.99. The van der Waals surface area contributed by atoms with Gasteiger partial charge in [0.1, 0.15) is 5.70 Å². The van der Waals surface area contributed by atoms with E-state index >= 15 is 0 Å². The Hall–Kier alpha value is -3.39.